The largest absolute Gasteiger partial charge is 0.506 e. The van der Waals surface area contributed by atoms with Gasteiger partial charge in [0.25, 0.3) is 5.91 Å². The van der Waals surface area contributed by atoms with Gasteiger partial charge in [0.1, 0.15) is 5.75 Å². The van der Waals surface area contributed by atoms with Gasteiger partial charge in [0.05, 0.1) is 24.2 Å². The van der Waals surface area contributed by atoms with E-state index in [1.54, 1.807) is 0 Å². The molecule has 0 radical (unpaired) electrons. The third-order valence-corrected chi connectivity index (χ3v) is 6.13. The second kappa shape index (κ2) is 8.11. The molecule has 156 valence electrons. The van der Waals surface area contributed by atoms with Gasteiger partial charge in [0.15, 0.2) is 11.5 Å². The molecule has 1 aliphatic heterocycles. The molecule has 2 aromatic carbocycles. The number of rotatable bonds is 6. The maximum atomic E-state index is 12.6. The fourth-order valence-electron chi connectivity index (χ4n) is 2.91. The normalized spacial score (nSPS) is 15.4. The highest BCUT2D eigenvalue weighted by molar-refractivity contribution is 7.93. The molecule has 1 saturated heterocycles. The molecule has 0 saturated carbocycles. The molecular formula is C18H18F2N2O6S. The highest BCUT2D eigenvalue weighted by atomic mass is 32.2. The fourth-order valence-corrected chi connectivity index (χ4v) is 4.47. The maximum absolute atomic E-state index is 12.6. The van der Waals surface area contributed by atoms with Crippen molar-refractivity contribution in [1.82, 2.24) is 0 Å². The van der Waals surface area contributed by atoms with Crippen LogP contribution in [-0.4, -0.2) is 45.5 Å². The van der Waals surface area contributed by atoms with Crippen LogP contribution < -0.4 is 19.1 Å². The number of aromatic hydroxyl groups is 1. The monoisotopic (exact) mass is 428 g/mol. The first-order valence-corrected chi connectivity index (χ1v) is 10.1. The van der Waals surface area contributed by atoms with Crippen molar-refractivity contribution in [3.05, 3.63) is 42.0 Å². The molecule has 0 aliphatic carbocycles. The van der Waals surface area contributed by atoms with Gasteiger partial charge in [0.2, 0.25) is 10.0 Å². The van der Waals surface area contributed by atoms with Crippen molar-refractivity contribution in [3.63, 3.8) is 0 Å². The third-order valence-electron chi connectivity index (χ3n) is 4.26. The number of nitrogens with one attached hydrogen (secondary N) is 1. The Hall–Kier alpha value is -3.08. The zero-order valence-corrected chi connectivity index (χ0v) is 16.1. The van der Waals surface area contributed by atoms with Crippen molar-refractivity contribution >= 4 is 27.3 Å². The first kappa shape index (κ1) is 20.6. The van der Waals surface area contributed by atoms with Crippen molar-refractivity contribution in [1.29, 1.82) is 0 Å². The Kier molecular flexibility index (Phi) is 5.78. The van der Waals surface area contributed by atoms with Crippen LogP contribution in [0, 0.1) is 0 Å². The molecule has 1 amide bonds. The highest BCUT2D eigenvalue weighted by Gasteiger charge is 2.29. The topological polar surface area (TPSA) is 105 Å². The van der Waals surface area contributed by atoms with E-state index in [-0.39, 0.29) is 34.3 Å². The number of carbonyl (C=O) groups is 1. The molecule has 2 aromatic rings. The summed E-state index contributed by atoms with van der Waals surface area (Å²) in [5, 5.41) is 12.5. The predicted octanol–water partition coefficient (Wildman–Crippen LogP) is 2.79. The van der Waals surface area contributed by atoms with E-state index in [4.69, 9.17) is 4.74 Å². The number of hydrogen-bond acceptors (Lipinski definition) is 6. The molecule has 3 rings (SSSR count). The third kappa shape index (κ3) is 4.50. The number of alkyl halides is 2. The van der Waals surface area contributed by atoms with Crippen molar-refractivity contribution in [2.75, 3.05) is 29.0 Å². The number of phenols is 1. The first-order chi connectivity index (χ1) is 13.7. The number of methoxy groups -OCH3 is 1. The van der Waals surface area contributed by atoms with Crippen LogP contribution in [0.25, 0.3) is 0 Å². The van der Waals surface area contributed by atoms with E-state index in [1.807, 2.05) is 0 Å². The quantitative estimate of drug-likeness (QED) is 0.686. The lowest BCUT2D eigenvalue weighted by molar-refractivity contribution is -0.0512. The van der Waals surface area contributed by atoms with E-state index in [0.29, 0.717) is 18.7 Å². The molecule has 1 heterocycles. The zero-order chi connectivity index (χ0) is 21.2. The molecule has 0 unspecified atom stereocenters. The Morgan fingerprint density at radius 2 is 1.97 bits per heavy atom. The Labute approximate surface area is 165 Å². The molecule has 0 aromatic heterocycles. The number of hydrogen-bond donors (Lipinski definition) is 2. The van der Waals surface area contributed by atoms with Gasteiger partial charge in [-0.3, -0.25) is 9.10 Å². The van der Waals surface area contributed by atoms with Crippen molar-refractivity contribution in [2.45, 2.75) is 13.0 Å². The summed E-state index contributed by atoms with van der Waals surface area (Å²) in [5.41, 5.74) is 0.244. The van der Waals surface area contributed by atoms with Crippen LogP contribution in [0.1, 0.15) is 16.8 Å². The van der Waals surface area contributed by atoms with E-state index in [1.165, 1.54) is 41.7 Å². The second-order valence-corrected chi connectivity index (χ2v) is 8.15. The summed E-state index contributed by atoms with van der Waals surface area (Å²) in [6, 6.07) is 7.72. The molecule has 0 atom stereocenters. The smallest absolute Gasteiger partial charge is 0.387 e. The van der Waals surface area contributed by atoms with E-state index in [2.05, 4.69) is 10.1 Å². The highest BCUT2D eigenvalue weighted by Crippen LogP contribution is 2.33. The van der Waals surface area contributed by atoms with E-state index < -0.39 is 22.5 Å². The lowest BCUT2D eigenvalue weighted by Gasteiger charge is -2.18. The number of phenolic OH excluding ortho intramolecular Hbond substituents is 1. The Balaban J connectivity index is 1.86. The molecule has 0 bridgehead atoms. The van der Waals surface area contributed by atoms with E-state index in [0.717, 1.165) is 6.07 Å². The van der Waals surface area contributed by atoms with Gasteiger partial charge in [-0.1, -0.05) is 0 Å². The number of amides is 1. The van der Waals surface area contributed by atoms with Crippen molar-refractivity contribution in [3.8, 4) is 17.2 Å². The number of nitrogens with zero attached hydrogens (tertiary/aromatic N) is 1. The zero-order valence-electron chi connectivity index (χ0n) is 15.3. The SMILES string of the molecule is COc1ccc(C(=O)Nc2cc(N3CCCS3(=O)=O)ccc2O)cc1OC(F)F. The number of carbonyl (C=O) groups excluding carboxylic acids is 1. The standard InChI is InChI=1S/C18H18F2N2O6S/c1-27-15-6-3-11(9-16(15)28-18(19)20)17(24)21-13-10-12(4-5-14(13)23)22-7-2-8-29(22,25)26/h3-6,9-10,18,23H,2,7-8H2,1H3,(H,21,24). The summed E-state index contributed by atoms with van der Waals surface area (Å²) in [6.45, 7) is -2.81. The van der Waals surface area contributed by atoms with E-state index in [9.17, 15) is 27.1 Å². The van der Waals surface area contributed by atoms with Gasteiger partial charge in [-0.05, 0) is 42.8 Å². The number of ether oxygens (including phenoxy) is 2. The number of benzene rings is 2. The minimum absolute atomic E-state index is 0.0194. The molecule has 2 N–H and O–H groups in total. The molecule has 8 nitrogen and oxygen atoms in total. The average molecular weight is 428 g/mol. The fraction of sp³-hybridized carbons (Fsp3) is 0.278. The Morgan fingerprint density at radius 1 is 1.21 bits per heavy atom. The predicted molar refractivity (Wildman–Crippen MR) is 101 cm³/mol. The molecule has 1 aliphatic rings. The van der Waals surface area contributed by atoms with E-state index >= 15 is 0 Å². The van der Waals surface area contributed by atoms with Gasteiger partial charge in [-0.15, -0.1) is 0 Å². The van der Waals surface area contributed by atoms with Crippen molar-refractivity contribution in [2.24, 2.45) is 0 Å². The number of sulfonamides is 1. The summed E-state index contributed by atoms with van der Waals surface area (Å²) >= 11 is 0. The van der Waals surface area contributed by atoms with Crippen LogP contribution in [0.4, 0.5) is 20.2 Å². The molecule has 11 heteroatoms. The van der Waals surface area contributed by atoms with Crippen LogP contribution in [0.15, 0.2) is 36.4 Å². The van der Waals surface area contributed by atoms with Gasteiger partial charge in [0, 0.05) is 12.1 Å². The average Bonchev–Trinajstić information content (AvgIpc) is 3.02. The van der Waals surface area contributed by atoms with Crippen LogP contribution >= 0.6 is 0 Å². The van der Waals surface area contributed by atoms with Gasteiger partial charge in [-0.2, -0.15) is 8.78 Å². The minimum atomic E-state index is -3.44. The van der Waals surface area contributed by atoms with Crippen LogP contribution in [-0.2, 0) is 10.0 Å². The van der Waals surface area contributed by atoms with Gasteiger partial charge < -0.3 is 19.9 Å². The van der Waals surface area contributed by atoms with Crippen LogP contribution in [0.2, 0.25) is 0 Å². The first-order valence-electron chi connectivity index (χ1n) is 8.49. The summed E-state index contributed by atoms with van der Waals surface area (Å²) in [7, 11) is -2.17. The molecule has 1 fully saturated rings. The molecular weight excluding hydrogens is 410 g/mol. The summed E-state index contributed by atoms with van der Waals surface area (Å²) < 4.78 is 59.7. The maximum Gasteiger partial charge on any atom is 0.387 e. The second-order valence-electron chi connectivity index (χ2n) is 6.14. The molecule has 0 spiro atoms. The van der Waals surface area contributed by atoms with Crippen molar-refractivity contribution < 1.29 is 36.6 Å². The lowest BCUT2D eigenvalue weighted by Crippen LogP contribution is -2.25. The molecule has 29 heavy (non-hydrogen) atoms. The minimum Gasteiger partial charge on any atom is -0.506 e. The Bertz CT molecular complexity index is 1030. The van der Waals surface area contributed by atoms with Crippen LogP contribution in [0.3, 0.4) is 0 Å². The number of halogens is 2. The number of anilines is 2. The summed E-state index contributed by atoms with van der Waals surface area (Å²) in [5.74, 6) is -1.28. The Morgan fingerprint density at radius 3 is 2.59 bits per heavy atom. The van der Waals surface area contributed by atoms with Gasteiger partial charge >= 0.3 is 6.61 Å². The summed E-state index contributed by atoms with van der Waals surface area (Å²) in [4.78, 5) is 12.5. The van der Waals surface area contributed by atoms with Crippen LogP contribution in [0.5, 0.6) is 17.2 Å². The summed E-state index contributed by atoms with van der Waals surface area (Å²) in [6.07, 6.45) is 0.476. The lowest BCUT2D eigenvalue weighted by atomic mass is 10.1. The van der Waals surface area contributed by atoms with Gasteiger partial charge in [-0.25, -0.2) is 8.42 Å².